The highest BCUT2D eigenvalue weighted by molar-refractivity contribution is 5.44. The number of hydrogen-bond donors (Lipinski definition) is 1. The van der Waals surface area contributed by atoms with Gasteiger partial charge in [0, 0.05) is 17.9 Å². The van der Waals surface area contributed by atoms with Crippen LogP contribution in [0.3, 0.4) is 0 Å². The third kappa shape index (κ3) is 3.69. The number of hydrogen-bond acceptors (Lipinski definition) is 3. The van der Waals surface area contributed by atoms with Crippen molar-refractivity contribution < 1.29 is 19.2 Å². The molecular weight excluding hydrogens is 314 g/mol. The zero-order chi connectivity index (χ0) is 16.9. The van der Waals surface area contributed by atoms with E-state index in [-0.39, 0.29) is 0 Å². The van der Waals surface area contributed by atoms with Gasteiger partial charge in [-0.25, -0.2) is 0 Å². The van der Waals surface area contributed by atoms with Gasteiger partial charge in [0.25, 0.3) is 0 Å². The van der Waals surface area contributed by atoms with Crippen molar-refractivity contribution in [2.24, 2.45) is 0 Å². The van der Waals surface area contributed by atoms with E-state index in [0.717, 1.165) is 36.8 Å². The summed E-state index contributed by atoms with van der Waals surface area (Å²) >= 11 is 0. The molecule has 0 aliphatic carbocycles. The Bertz CT molecular complexity index is 799. The van der Waals surface area contributed by atoms with Gasteiger partial charge in [-0.15, -0.1) is 0 Å². The van der Waals surface area contributed by atoms with E-state index in [9.17, 15) is 0 Å². The Hall–Kier alpha value is -2.72. The molecule has 1 atom stereocenters. The Morgan fingerprint density at radius 2 is 1.80 bits per heavy atom. The van der Waals surface area contributed by atoms with E-state index in [0.29, 0.717) is 12.7 Å². The molecule has 0 spiro atoms. The summed E-state index contributed by atoms with van der Waals surface area (Å²) in [6.07, 6.45) is 2.78. The van der Waals surface area contributed by atoms with Crippen molar-refractivity contribution in [2.75, 3.05) is 13.3 Å². The van der Waals surface area contributed by atoms with Crippen LogP contribution in [-0.2, 0) is 6.54 Å². The second-order valence-corrected chi connectivity index (χ2v) is 6.24. The first kappa shape index (κ1) is 15.8. The lowest BCUT2D eigenvalue weighted by molar-refractivity contribution is -0.671. The van der Waals surface area contributed by atoms with Gasteiger partial charge in [0.2, 0.25) is 6.79 Å². The van der Waals surface area contributed by atoms with Gasteiger partial charge in [-0.1, -0.05) is 30.3 Å². The third-order valence-corrected chi connectivity index (χ3v) is 4.57. The normalized spacial score (nSPS) is 13.8. The maximum absolute atomic E-state index is 5.67. The number of quaternary nitrogens is 1. The van der Waals surface area contributed by atoms with E-state index in [1.165, 1.54) is 11.1 Å². The molecule has 2 heterocycles. The minimum Gasteiger partial charge on any atom is -0.469 e. The van der Waals surface area contributed by atoms with Crippen LogP contribution in [-0.4, -0.2) is 13.3 Å². The van der Waals surface area contributed by atoms with Crippen molar-refractivity contribution in [1.29, 1.82) is 0 Å². The molecule has 1 aliphatic rings. The van der Waals surface area contributed by atoms with E-state index in [4.69, 9.17) is 13.9 Å². The SMILES string of the molecule is c1ccc([C@H](CC[NH2+]Cc2ccc3c(c2)OCO3)c2ccco2)cc1. The van der Waals surface area contributed by atoms with Crippen LogP contribution in [0.1, 0.15) is 29.2 Å². The lowest BCUT2D eigenvalue weighted by atomic mass is 9.93. The number of furan rings is 1. The first-order valence-electron chi connectivity index (χ1n) is 8.69. The zero-order valence-corrected chi connectivity index (χ0v) is 14.1. The van der Waals surface area contributed by atoms with Gasteiger partial charge in [0.05, 0.1) is 12.8 Å². The number of fused-ring (bicyclic) bond motifs is 1. The molecule has 4 nitrogen and oxygen atoms in total. The minimum absolute atomic E-state index is 0.296. The molecule has 0 bridgehead atoms. The van der Waals surface area contributed by atoms with Crippen LogP contribution in [0.4, 0.5) is 0 Å². The van der Waals surface area contributed by atoms with E-state index in [1.54, 1.807) is 6.26 Å². The first-order chi connectivity index (χ1) is 12.4. The van der Waals surface area contributed by atoms with Crippen molar-refractivity contribution in [3.05, 3.63) is 83.8 Å². The fourth-order valence-electron chi connectivity index (χ4n) is 3.27. The average molecular weight is 336 g/mol. The van der Waals surface area contributed by atoms with E-state index < -0.39 is 0 Å². The predicted octanol–water partition coefficient (Wildman–Crippen LogP) is 3.29. The van der Waals surface area contributed by atoms with Crippen LogP contribution in [0.5, 0.6) is 11.5 Å². The van der Waals surface area contributed by atoms with Gasteiger partial charge in [-0.3, -0.25) is 0 Å². The molecule has 2 N–H and O–H groups in total. The van der Waals surface area contributed by atoms with Crippen LogP contribution in [0.15, 0.2) is 71.3 Å². The molecule has 0 fully saturated rings. The fraction of sp³-hybridized carbons (Fsp3) is 0.238. The summed E-state index contributed by atoms with van der Waals surface area (Å²) in [6, 6.07) is 20.7. The third-order valence-electron chi connectivity index (χ3n) is 4.57. The van der Waals surface area contributed by atoms with E-state index in [1.807, 2.05) is 12.1 Å². The molecule has 25 heavy (non-hydrogen) atoms. The highest BCUT2D eigenvalue weighted by Gasteiger charge is 2.18. The largest absolute Gasteiger partial charge is 0.469 e. The second kappa shape index (κ2) is 7.45. The zero-order valence-electron chi connectivity index (χ0n) is 14.1. The van der Waals surface area contributed by atoms with Crippen LogP contribution in [0.2, 0.25) is 0 Å². The topological polar surface area (TPSA) is 48.2 Å². The molecule has 3 aromatic rings. The van der Waals surface area contributed by atoms with Gasteiger partial charge in [0.15, 0.2) is 11.5 Å². The van der Waals surface area contributed by atoms with Crippen molar-refractivity contribution in [1.82, 2.24) is 0 Å². The second-order valence-electron chi connectivity index (χ2n) is 6.24. The number of nitrogens with two attached hydrogens (primary N) is 1. The summed E-state index contributed by atoms with van der Waals surface area (Å²) < 4.78 is 16.5. The Morgan fingerprint density at radius 3 is 2.64 bits per heavy atom. The number of rotatable bonds is 7. The molecule has 0 amide bonds. The average Bonchev–Trinajstić information content (AvgIpc) is 3.34. The van der Waals surface area contributed by atoms with Gasteiger partial charge >= 0.3 is 0 Å². The quantitative estimate of drug-likeness (QED) is 0.674. The van der Waals surface area contributed by atoms with Gasteiger partial charge in [0.1, 0.15) is 12.3 Å². The summed E-state index contributed by atoms with van der Waals surface area (Å²) in [5.41, 5.74) is 2.55. The highest BCUT2D eigenvalue weighted by atomic mass is 16.7. The van der Waals surface area contributed by atoms with E-state index >= 15 is 0 Å². The molecule has 1 aromatic heterocycles. The molecule has 128 valence electrons. The van der Waals surface area contributed by atoms with E-state index in [2.05, 4.69) is 53.8 Å². The maximum Gasteiger partial charge on any atom is 0.231 e. The monoisotopic (exact) mass is 336 g/mol. The Morgan fingerprint density at radius 1 is 0.920 bits per heavy atom. The fourth-order valence-corrected chi connectivity index (χ4v) is 3.27. The Labute approximate surface area is 147 Å². The smallest absolute Gasteiger partial charge is 0.231 e. The molecule has 4 heteroatoms. The summed E-state index contributed by atoms with van der Waals surface area (Å²) in [6.45, 7) is 2.27. The molecule has 0 saturated heterocycles. The molecule has 0 unspecified atom stereocenters. The summed E-state index contributed by atoms with van der Waals surface area (Å²) in [4.78, 5) is 0. The predicted molar refractivity (Wildman–Crippen MR) is 94.7 cm³/mol. The Balaban J connectivity index is 1.36. The molecule has 0 saturated carbocycles. The van der Waals surface area contributed by atoms with Crippen LogP contribution in [0.25, 0.3) is 0 Å². The lowest BCUT2D eigenvalue weighted by Gasteiger charge is -2.14. The molecule has 4 rings (SSSR count). The maximum atomic E-state index is 5.67. The van der Waals surface area contributed by atoms with Crippen molar-refractivity contribution in [3.63, 3.8) is 0 Å². The van der Waals surface area contributed by atoms with Crippen LogP contribution >= 0.6 is 0 Å². The Kier molecular flexibility index (Phi) is 4.70. The van der Waals surface area contributed by atoms with Crippen molar-refractivity contribution in [3.8, 4) is 11.5 Å². The number of ether oxygens (including phenoxy) is 2. The standard InChI is InChI=1S/C21H21NO3/c1-2-5-17(6-3-1)18(19-7-4-12-23-19)10-11-22-14-16-8-9-20-21(13-16)25-15-24-20/h1-9,12-13,18,22H,10-11,14-15H2/p+1/t18-/m0/s1. The van der Waals surface area contributed by atoms with Crippen molar-refractivity contribution in [2.45, 2.75) is 18.9 Å². The van der Waals surface area contributed by atoms with Gasteiger partial charge < -0.3 is 19.2 Å². The summed E-state index contributed by atoms with van der Waals surface area (Å²) in [5, 5.41) is 2.33. The molecule has 2 aromatic carbocycles. The minimum atomic E-state index is 0.296. The van der Waals surface area contributed by atoms with Crippen LogP contribution in [0, 0.1) is 0 Å². The summed E-state index contributed by atoms with van der Waals surface area (Å²) in [7, 11) is 0. The first-order valence-corrected chi connectivity index (χ1v) is 8.69. The van der Waals surface area contributed by atoms with Gasteiger partial charge in [-0.2, -0.15) is 0 Å². The molecule has 0 radical (unpaired) electrons. The van der Waals surface area contributed by atoms with Crippen molar-refractivity contribution >= 4 is 0 Å². The number of benzene rings is 2. The van der Waals surface area contributed by atoms with Gasteiger partial charge in [-0.05, 0) is 35.9 Å². The highest BCUT2D eigenvalue weighted by Crippen LogP contribution is 2.32. The molecule has 1 aliphatic heterocycles. The van der Waals surface area contributed by atoms with Crippen LogP contribution < -0.4 is 14.8 Å². The molecular formula is C21H22NO3+. The summed E-state index contributed by atoms with van der Waals surface area (Å²) in [5.74, 6) is 3.02. The lowest BCUT2D eigenvalue weighted by Crippen LogP contribution is -2.82.